The molecule has 0 unspecified atom stereocenters. The van der Waals surface area contributed by atoms with Crippen molar-refractivity contribution in [3.05, 3.63) is 10.7 Å². The number of terminal acetylenes is 1. The zero-order chi connectivity index (χ0) is 10.8. The van der Waals surface area contributed by atoms with E-state index in [1.807, 2.05) is 0 Å². The van der Waals surface area contributed by atoms with E-state index in [9.17, 15) is 0 Å². The Hall–Kier alpha value is -1.28. The van der Waals surface area contributed by atoms with Gasteiger partial charge in [0.2, 0.25) is 11.8 Å². The number of ether oxygens (including phenoxy) is 1. The summed E-state index contributed by atoms with van der Waals surface area (Å²) in [6.07, 6.45) is 5.27. The maximum atomic E-state index is 5.44. The molecular formula is C9H10BrN3O. The lowest BCUT2D eigenvalue weighted by Crippen LogP contribution is -2.26. The minimum atomic E-state index is -0.708. The predicted octanol–water partition coefficient (Wildman–Crippen LogP) is 1.61. The number of nitrogen functional groups attached to an aromatic ring is 1. The molecule has 0 radical (unpaired) electrons. The molecule has 0 atom stereocenters. The molecule has 0 saturated carbocycles. The van der Waals surface area contributed by atoms with E-state index < -0.39 is 5.60 Å². The fraction of sp³-hybridized carbons (Fsp3) is 0.333. The summed E-state index contributed by atoms with van der Waals surface area (Å²) >= 11 is 3.18. The number of rotatable bonds is 2. The van der Waals surface area contributed by atoms with Crippen molar-refractivity contribution in [3.63, 3.8) is 0 Å². The molecule has 0 saturated heterocycles. The molecule has 5 heteroatoms. The van der Waals surface area contributed by atoms with Gasteiger partial charge in [0.25, 0.3) is 0 Å². The first-order valence-corrected chi connectivity index (χ1v) is 4.69. The van der Waals surface area contributed by atoms with E-state index in [1.165, 1.54) is 0 Å². The highest BCUT2D eigenvalue weighted by atomic mass is 79.9. The SMILES string of the molecule is C#CC(C)(C)Oc1cc(Br)nc(N)n1. The maximum absolute atomic E-state index is 5.44. The lowest BCUT2D eigenvalue weighted by molar-refractivity contribution is 0.164. The molecule has 0 aromatic carbocycles. The van der Waals surface area contributed by atoms with E-state index in [0.717, 1.165) is 0 Å². The predicted molar refractivity (Wildman–Crippen MR) is 57.7 cm³/mol. The molecule has 1 rings (SSSR count). The topological polar surface area (TPSA) is 61.0 Å². The highest BCUT2D eigenvalue weighted by molar-refractivity contribution is 9.10. The molecule has 1 heterocycles. The molecule has 1 aromatic heterocycles. The van der Waals surface area contributed by atoms with Gasteiger partial charge in [-0.15, -0.1) is 6.42 Å². The maximum Gasteiger partial charge on any atom is 0.224 e. The molecule has 2 N–H and O–H groups in total. The summed E-state index contributed by atoms with van der Waals surface area (Å²) in [4.78, 5) is 7.73. The summed E-state index contributed by atoms with van der Waals surface area (Å²) < 4.78 is 5.98. The third-order valence-electron chi connectivity index (χ3n) is 1.40. The molecule has 74 valence electrons. The van der Waals surface area contributed by atoms with Crippen LogP contribution in [0.2, 0.25) is 0 Å². The van der Waals surface area contributed by atoms with Crippen molar-refractivity contribution in [3.8, 4) is 18.2 Å². The number of halogens is 1. The molecule has 0 aliphatic rings. The van der Waals surface area contributed by atoms with Gasteiger partial charge in [0.1, 0.15) is 4.60 Å². The monoisotopic (exact) mass is 255 g/mol. The third kappa shape index (κ3) is 2.89. The number of nitrogens with two attached hydrogens (primary N) is 1. The van der Waals surface area contributed by atoms with Gasteiger partial charge in [0.15, 0.2) is 5.60 Å². The Labute approximate surface area is 91.0 Å². The second-order valence-corrected chi connectivity index (χ2v) is 3.96. The van der Waals surface area contributed by atoms with Crippen LogP contribution in [0.15, 0.2) is 10.7 Å². The molecule has 14 heavy (non-hydrogen) atoms. The van der Waals surface area contributed by atoms with Crippen molar-refractivity contribution < 1.29 is 4.74 Å². The van der Waals surface area contributed by atoms with Gasteiger partial charge in [-0.25, -0.2) is 4.98 Å². The first-order chi connectivity index (χ1) is 6.43. The Morgan fingerprint density at radius 1 is 1.57 bits per heavy atom. The zero-order valence-electron chi connectivity index (χ0n) is 7.91. The van der Waals surface area contributed by atoms with Crippen molar-refractivity contribution in [1.29, 1.82) is 0 Å². The minimum Gasteiger partial charge on any atom is -0.458 e. The summed E-state index contributed by atoms with van der Waals surface area (Å²) in [5, 5.41) is 0. The number of aromatic nitrogens is 2. The first-order valence-electron chi connectivity index (χ1n) is 3.90. The van der Waals surface area contributed by atoms with Gasteiger partial charge in [-0.05, 0) is 29.8 Å². The van der Waals surface area contributed by atoms with Crippen molar-refractivity contribution in [2.45, 2.75) is 19.4 Å². The van der Waals surface area contributed by atoms with Crippen LogP contribution in [0.1, 0.15) is 13.8 Å². The van der Waals surface area contributed by atoms with E-state index in [-0.39, 0.29) is 5.95 Å². The van der Waals surface area contributed by atoms with Gasteiger partial charge in [-0.3, -0.25) is 0 Å². The Morgan fingerprint density at radius 2 is 2.21 bits per heavy atom. The van der Waals surface area contributed by atoms with Gasteiger partial charge < -0.3 is 10.5 Å². The lowest BCUT2D eigenvalue weighted by Gasteiger charge is -2.19. The summed E-state index contributed by atoms with van der Waals surface area (Å²) in [7, 11) is 0. The molecule has 0 aliphatic carbocycles. The largest absolute Gasteiger partial charge is 0.458 e. The van der Waals surface area contributed by atoms with Crippen LogP contribution in [0.4, 0.5) is 5.95 Å². The van der Waals surface area contributed by atoms with Crippen molar-refractivity contribution in [1.82, 2.24) is 9.97 Å². The Morgan fingerprint density at radius 3 is 2.71 bits per heavy atom. The number of anilines is 1. The van der Waals surface area contributed by atoms with Crippen LogP contribution >= 0.6 is 15.9 Å². The highest BCUT2D eigenvalue weighted by Gasteiger charge is 2.17. The van der Waals surface area contributed by atoms with E-state index in [0.29, 0.717) is 10.5 Å². The fourth-order valence-electron chi connectivity index (χ4n) is 0.757. The van der Waals surface area contributed by atoms with Crippen molar-refractivity contribution in [2.24, 2.45) is 0 Å². The molecule has 0 amide bonds. The zero-order valence-corrected chi connectivity index (χ0v) is 9.50. The Kier molecular flexibility index (Phi) is 2.96. The molecule has 1 aromatic rings. The van der Waals surface area contributed by atoms with Crippen LogP contribution in [0.5, 0.6) is 5.88 Å². The molecule has 0 aliphatic heterocycles. The quantitative estimate of drug-likeness (QED) is 0.645. The van der Waals surface area contributed by atoms with Gasteiger partial charge in [0, 0.05) is 6.07 Å². The minimum absolute atomic E-state index is 0.141. The summed E-state index contributed by atoms with van der Waals surface area (Å²) in [5.74, 6) is 2.98. The lowest BCUT2D eigenvalue weighted by atomic mass is 10.1. The van der Waals surface area contributed by atoms with E-state index >= 15 is 0 Å². The van der Waals surface area contributed by atoms with Gasteiger partial charge in [-0.2, -0.15) is 4.98 Å². The second-order valence-electron chi connectivity index (χ2n) is 3.14. The van der Waals surface area contributed by atoms with Crippen LogP contribution in [-0.2, 0) is 0 Å². The second kappa shape index (κ2) is 3.84. The molecular weight excluding hydrogens is 246 g/mol. The standard InChI is InChI=1S/C9H10BrN3O/c1-4-9(2,3)14-7-5-6(10)12-8(11)13-7/h1,5H,2-3H3,(H2,11,12,13). The Bertz CT molecular complexity index is 364. The average molecular weight is 256 g/mol. The van der Waals surface area contributed by atoms with Gasteiger partial charge in [-0.1, -0.05) is 5.92 Å². The molecule has 0 fully saturated rings. The molecule has 0 bridgehead atoms. The van der Waals surface area contributed by atoms with Crippen molar-refractivity contribution in [2.75, 3.05) is 5.73 Å². The number of hydrogen-bond acceptors (Lipinski definition) is 4. The van der Waals surface area contributed by atoms with E-state index in [2.05, 4.69) is 31.8 Å². The molecule has 4 nitrogen and oxygen atoms in total. The van der Waals surface area contributed by atoms with Crippen LogP contribution in [-0.4, -0.2) is 15.6 Å². The summed E-state index contributed by atoms with van der Waals surface area (Å²) in [5.41, 5.74) is 4.73. The first kappa shape index (κ1) is 10.8. The number of nitrogens with zero attached hydrogens (tertiary/aromatic N) is 2. The normalized spacial score (nSPS) is 10.7. The number of hydrogen-bond donors (Lipinski definition) is 1. The fourth-order valence-corrected chi connectivity index (χ4v) is 1.13. The van der Waals surface area contributed by atoms with Crippen LogP contribution in [0.25, 0.3) is 0 Å². The van der Waals surface area contributed by atoms with Crippen LogP contribution in [0, 0.1) is 12.3 Å². The smallest absolute Gasteiger partial charge is 0.224 e. The highest BCUT2D eigenvalue weighted by Crippen LogP contribution is 2.19. The Balaban J connectivity index is 2.94. The van der Waals surface area contributed by atoms with E-state index in [1.54, 1.807) is 19.9 Å². The van der Waals surface area contributed by atoms with Crippen LogP contribution in [0.3, 0.4) is 0 Å². The van der Waals surface area contributed by atoms with Crippen molar-refractivity contribution >= 4 is 21.9 Å². The summed E-state index contributed by atoms with van der Waals surface area (Å²) in [6.45, 7) is 3.53. The van der Waals surface area contributed by atoms with Crippen LogP contribution < -0.4 is 10.5 Å². The average Bonchev–Trinajstić information content (AvgIpc) is 2.01. The van der Waals surface area contributed by atoms with Gasteiger partial charge >= 0.3 is 0 Å². The third-order valence-corrected chi connectivity index (χ3v) is 1.80. The van der Waals surface area contributed by atoms with Gasteiger partial charge in [0.05, 0.1) is 0 Å². The van der Waals surface area contributed by atoms with E-state index in [4.69, 9.17) is 16.9 Å². The molecule has 0 spiro atoms. The summed E-state index contributed by atoms with van der Waals surface area (Å²) in [6, 6.07) is 1.61.